The summed E-state index contributed by atoms with van der Waals surface area (Å²) in [5.41, 5.74) is 1.62. The maximum atomic E-state index is 11.3. The van der Waals surface area contributed by atoms with Crippen LogP contribution in [0.1, 0.15) is 61.4 Å². The van der Waals surface area contributed by atoms with E-state index in [1.54, 1.807) is 19.1 Å². The highest BCUT2D eigenvalue weighted by atomic mass is 16.3. The number of hydrogen-bond acceptors (Lipinski definition) is 2. The second kappa shape index (κ2) is 6.03. The Balaban J connectivity index is 1.99. The van der Waals surface area contributed by atoms with Crippen molar-refractivity contribution < 1.29 is 9.90 Å². The Morgan fingerprint density at radius 3 is 2.67 bits per heavy atom. The molecule has 98 valence electrons. The van der Waals surface area contributed by atoms with E-state index < -0.39 is 0 Å². The molecule has 0 saturated heterocycles. The number of phenolic OH excluding ortho intramolecular Hbond substituents is 1. The van der Waals surface area contributed by atoms with Crippen molar-refractivity contribution in [1.29, 1.82) is 0 Å². The lowest BCUT2D eigenvalue weighted by atomic mass is 9.85. The number of hydrogen-bond donors (Lipinski definition) is 1. The van der Waals surface area contributed by atoms with Crippen molar-refractivity contribution in [3.8, 4) is 5.75 Å². The molecule has 2 rings (SSSR count). The first-order valence-corrected chi connectivity index (χ1v) is 6.99. The van der Waals surface area contributed by atoms with Crippen molar-refractivity contribution in [1.82, 2.24) is 0 Å². The zero-order valence-corrected chi connectivity index (χ0v) is 11.1. The monoisotopic (exact) mass is 246 g/mol. The van der Waals surface area contributed by atoms with Crippen molar-refractivity contribution in [2.45, 2.75) is 51.9 Å². The van der Waals surface area contributed by atoms with Gasteiger partial charge in [0.25, 0.3) is 0 Å². The average Bonchev–Trinajstić information content (AvgIpc) is 2.38. The third kappa shape index (κ3) is 3.34. The quantitative estimate of drug-likeness (QED) is 0.812. The lowest BCUT2D eigenvalue weighted by Crippen LogP contribution is -2.07. The highest BCUT2D eigenvalue weighted by molar-refractivity contribution is 5.94. The average molecular weight is 246 g/mol. The van der Waals surface area contributed by atoms with E-state index in [1.807, 2.05) is 6.07 Å². The molecule has 0 aromatic heterocycles. The fourth-order valence-corrected chi connectivity index (χ4v) is 2.84. The Labute approximate surface area is 109 Å². The molecule has 1 aromatic rings. The van der Waals surface area contributed by atoms with Gasteiger partial charge < -0.3 is 5.11 Å². The number of phenols is 1. The topological polar surface area (TPSA) is 37.3 Å². The van der Waals surface area contributed by atoms with E-state index in [1.165, 1.54) is 32.1 Å². The van der Waals surface area contributed by atoms with Crippen LogP contribution in [0.15, 0.2) is 18.2 Å². The summed E-state index contributed by atoms with van der Waals surface area (Å²) in [5, 5.41) is 9.83. The Morgan fingerprint density at radius 1 is 1.28 bits per heavy atom. The first-order chi connectivity index (χ1) is 8.66. The first-order valence-electron chi connectivity index (χ1n) is 6.99. The summed E-state index contributed by atoms with van der Waals surface area (Å²) in [5.74, 6) is 1.20. The molecule has 0 unspecified atom stereocenters. The third-order valence-corrected chi connectivity index (χ3v) is 4.03. The summed E-state index contributed by atoms with van der Waals surface area (Å²) >= 11 is 0. The number of carbonyl (C=O) groups is 1. The molecule has 0 radical (unpaired) electrons. The van der Waals surface area contributed by atoms with E-state index >= 15 is 0 Å². The molecule has 2 nitrogen and oxygen atoms in total. The maximum Gasteiger partial charge on any atom is 0.159 e. The molecular formula is C16H22O2. The van der Waals surface area contributed by atoms with Gasteiger partial charge in [-0.3, -0.25) is 4.79 Å². The van der Waals surface area contributed by atoms with Gasteiger partial charge >= 0.3 is 0 Å². The van der Waals surface area contributed by atoms with Crippen LogP contribution in [0.4, 0.5) is 0 Å². The number of aryl methyl sites for hydroxylation is 1. The van der Waals surface area contributed by atoms with Crippen LogP contribution in [0.3, 0.4) is 0 Å². The second-order valence-corrected chi connectivity index (χ2v) is 5.44. The Morgan fingerprint density at radius 2 is 2.00 bits per heavy atom. The van der Waals surface area contributed by atoms with Gasteiger partial charge in [-0.15, -0.1) is 0 Å². The number of Topliss-reactive ketones (excluding diaryl/α,β-unsaturated/α-hetero) is 1. The van der Waals surface area contributed by atoms with E-state index in [-0.39, 0.29) is 5.78 Å². The van der Waals surface area contributed by atoms with Crippen LogP contribution < -0.4 is 0 Å². The van der Waals surface area contributed by atoms with Crippen molar-refractivity contribution in [2.24, 2.45) is 5.92 Å². The van der Waals surface area contributed by atoms with E-state index in [2.05, 4.69) is 0 Å². The minimum atomic E-state index is 0.0638. The van der Waals surface area contributed by atoms with Crippen LogP contribution in [-0.4, -0.2) is 10.9 Å². The van der Waals surface area contributed by atoms with Crippen LogP contribution in [0.2, 0.25) is 0 Å². The molecule has 1 aliphatic rings. The van der Waals surface area contributed by atoms with Gasteiger partial charge in [0.2, 0.25) is 0 Å². The van der Waals surface area contributed by atoms with E-state index in [0.717, 1.165) is 24.3 Å². The van der Waals surface area contributed by atoms with Crippen LogP contribution in [0.25, 0.3) is 0 Å². The van der Waals surface area contributed by atoms with Gasteiger partial charge in [-0.25, -0.2) is 0 Å². The molecule has 0 bridgehead atoms. The molecule has 0 amide bonds. The van der Waals surface area contributed by atoms with Gasteiger partial charge in [0.1, 0.15) is 5.75 Å². The molecule has 1 saturated carbocycles. The number of rotatable bonds is 4. The predicted molar refractivity (Wildman–Crippen MR) is 73.0 cm³/mol. The van der Waals surface area contributed by atoms with Crippen molar-refractivity contribution in [2.75, 3.05) is 0 Å². The minimum absolute atomic E-state index is 0.0638. The molecule has 0 aliphatic heterocycles. The summed E-state index contributed by atoms with van der Waals surface area (Å²) < 4.78 is 0. The highest BCUT2D eigenvalue weighted by Crippen LogP contribution is 2.29. The lowest BCUT2D eigenvalue weighted by molar-refractivity contribution is 0.101. The molecule has 1 fully saturated rings. The minimum Gasteiger partial charge on any atom is -0.508 e. The van der Waals surface area contributed by atoms with Gasteiger partial charge in [-0.05, 0) is 49.4 Å². The highest BCUT2D eigenvalue weighted by Gasteiger charge is 2.14. The first kappa shape index (κ1) is 13.1. The van der Waals surface area contributed by atoms with Crippen LogP contribution >= 0.6 is 0 Å². The summed E-state index contributed by atoms with van der Waals surface area (Å²) in [6.07, 6.45) is 8.75. The van der Waals surface area contributed by atoms with Gasteiger partial charge in [0.05, 0.1) is 0 Å². The number of carbonyl (C=O) groups excluding carboxylic acids is 1. The smallest absolute Gasteiger partial charge is 0.159 e. The van der Waals surface area contributed by atoms with Crippen LogP contribution in [-0.2, 0) is 6.42 Å². The standard InChI is InChI=1S/C16H22O2/c1-12(17)14-9-10-16(18)15(11-14)8-7-13-5-3-2-4-6-13/h9-11,13,18H,2-8H2,1H3. The molecular weight excluding hydrogens is 224 g/mol. The Kier molecular flexibility index (Phi) is 4.40. The zero-order chi connectivity index (χ0) is 13.0. The van der Waals surface area contributed by atoms with Gasteiger partial charge in [0.15, 0.2) is 5.78 Å². The predicted octanol–water partition coefficient (Wildman–Crippen LogP) is 4.11. The van der Waals surface area contributed by atoms with Gasteiger partial charge in [-0.2, -0.15) is 0 Å². The van der Waals surface area contributed by atoms with E-state index in [9.17, 15) is 9.90 Å². The molecule has 1 aromatic carbocycles. The Hall–Kier alpha value is -1.31. The third-order valence-electron chi connectivity index (χ3n) is 4.03. The Bertz CT molecular complexity index is 417. The summed E-state index contributed by atoms with van der Waals surface area (Å²) in [4.78, 5) is 11.3. The fourth-order valence-electron chi connectivity index (χ4n) is 2.84. The van der Waals surface area contributed by atoms with E-state index in [0.29, 0.717) is 11.3 Å². The maximum absolute atomic E-state index is 11.3. The molecule has 0 atom stereocenters. The molecule has 0 heterocycles. The van der Waals surface area contributed by atoms with Crippen LogP contribution in [0, 0.1) is 5.92 Å². The SMILES string of the molecule is CC(=O)c1ccc(O)c(CCC2CCCCC2)c1. The summed E-state index contributed by atoms with van der Waals surface area (Å²) in [6, 6.07) is 5.19. The fraction of sp³-hybridized carbons (Fsp3) is 0.562. The summed E-state index contributed by atoms with van der Waals surface area (Å²) in [7, 11) is 0. The molecule has 18 heavy (non-hydrogen) atoms. The molecule has 1 aliphatic carbocycles. The van der Waals surface area contributed by atoms with Gasteiger partial charge in [-0.1, -0.05) is 32.1 Å². The molecule has 2 heteroatoms. The summed E-state index contributed by atoms with van der Waals surface area (Å²) in [6.45, 7) is 1.57. The second-order valence-electron chi connectivity index (χ2n) is 5.44. The molecule has 0 spiro atoms. The van der Waals surface area contributed by atoms with Crippen LogP contribution in [0.5, 0.6) is 5.75 Å². The van der Waals surface area contributed by atoms with Crippen molar-refractivity contribution in [3.63, 3.8) is 0 Å². The number of ketones is 1. The lowest BCUT2D eigenvalue weighted by Gasteiger charge is -2.21. The molecule has 1 N–H and O–H groups in total. The number of benzene rings is 1. The largest absolute Gasteiger partial charge is 0.508 e. The van der Waals surface area contributed by atoms with Crippen molar-refractivity contribution >= 4 is 5.78 Å². The van der Waals surface area contributed by atoms with E-state index in [4.69, 9.17) is 0 Å². The van der Waals surface area contributed by atoms with Crippen molar-refractivity contribution in [3.05, 3.63) is 29.3 Å². The van der Waals surface area contributed by atoms with Gasteiger partial charge in [0, 0.05) is 5.56 Å². The normalized spacial score (nSPS) is 16.7. The zero-order valence-electron chi connectivity index (χ0n) is 11.1. The number of aromatic hydroxyl groups is 1.